The molecule has 0 spiro atoms. The Hall–Kier alpha value is -2.89. The number of para-hydroxylation sites is 1. The number of carbonyl (C=O) groups is 1. The van der Waals surface area contributed by atoms with E-state index in [4.69, 9.17) is 9.47 Å². The first kappa shape index (κ1) is 17.5. The summed E-state index contributed by atoms with van der Waals surface area (Å²) in [5, 5.41) is 10.7. The Balaban J connectivity index is 2.00. The second kappa shape index (κ2) is 7.59. The van der Waals surface area contributed by atoms with E-state index in [1.54, 1.807) is 19.1 Å². The fraction of sp³-hybridized carbons (Fsp3) is 0.278. The van der Waals surface area contributed by atoms with Gasteiger partial charge in [0.1, 0.15) is 11.5 Å². The van der Waals surface area contributed by atoms with E-state index in [1.165, 1.54) is 18.2 Å². The largest absolute Gasteiger partial charge is 0.482 e. The molecular weight excluding hydrogens is 310 g/mol. The Labute approximate surface area is 140 Å². The number of ether oxygens (including phenoxy) is 2. The lowest BCUT2D eigenvalue weighted by Gasteiger charge is -2.13. The van der Waals surface area contributed by atoms with Gasteiger partial charge in [0.2, 0.25) is 0 Å². The van der Waals surface area contributed by atoms with Gasteiger partial charge in [0.15, 0.2) is 6.61 Å². The second-order valence-corrected chi connectivity index (χ2v) is 5.66. The first-order valence-corrected chi connectivity index (χ1v) is 7.56. The Morgan fingerprint density at radius 3 is 2.50 bits per heavy atom. The maximum atomic E-state index is 12.0. The molecule has 6 heteroatoms. The quantitative estimate of drug-likeness (QED) is 0.346. The van der Waals surface area contributed by atoms with Crippen LogP contribution in [0.3, 0.4) is 0 Å². The summed E-state index contributed by atoms with van der Waals surface area (Å²) in [6.07, 6.45) is 0. The molecule has 2 rings (SSSR count). The maximum absolute atomic E-state index is 12.0. The molecule has 0 amide bonds. The number of carbonyl (C=O) groups excluding carboxylic acids is 1. The molecule has 0 radical (unpaired) electrons. The molecule has 24 heavy (non-hydrogen) atoms. The van der Waals surface area contributed by atoms with Crippen molar-refractivity contribution in [3.63, 3.8) is 0 Å². The lowest BCUT2D eigenvalue weighted by molar-refractivity contribution is -0.384. The molecule has 0 aliphatic carbocycles. The fourth-order valence-electron chi connectivity index (χ4n) is 2.25. The van der Waals surface area contributed by atoms with Crippen molar-refractivity contribution in [3.8, 4) is 11.5 Å². The maximum Gasteiger partial charge on any atom is 0.349 e. The smallest absolute Gasteiger partial charge is 0.349 e. The molecule has 0 bridgehead atoms. The van der Waals surface area contributed by atoms with Crippen LogP contribution in [0.15, 0.2) is 42.5 Å². The molecule has 6 nitrogen and oxygen atoms in total. The van der Waals surface area contributed by atoms with E-state index in [1.807, 2.05) is 26.0 Å². The number of hydrogen-bond donors (Lipinski definition) is 0. The number of benzene rings is 2. The summed E-state index contributed by atoms with van der Waals surface area (Å²) >= 11 is 0. The van der Waals surface area contributed by atoms with Gasteiger partial charge in [-0.1, -0.05) is 32.0 Å². The Morgan fingerprint density at radius 2 is 1.88 bits per heavy atom. The number of esters is 1. The van der Waals surface area contributed by atoms with Gasteiger partial charge < -0.3 is 9.47 Å². The monoisotopic (exact) mass is 329 g/mol. The van der Waals surface area contributed by atoms with Crippen LogP contribution in [-0.2, 0) is 4.79 Å². The van der Waals surface area contributed by atoms with E-state index in [-0.39, 0.29) is 18.2 Å². The van der Waals surface area contributed by atoms with Crippen LogP contribution in [0.25, 0.3) is 0 Å². The number of non-ortho nitro benzene ring substituents is 1. The highest BCUT2D eigenvalue weighted by Gasteiger charge is 2.14. The van der Waals surface area contributed by atoms with E-state index < -0.39 is 10.9 Å². The highest BCUT2D eigenvalue weighted by molar-refractivity contribution is 5.74. The Bertz CT molecular complexity index is 755. The zero-order chi connectivity index (χ0) is 17.7. The zero-order valence-corrected chi connectivity index (χ0v) is 13.8. The van der Waals surface area contributed by atoms with Gasteiger partial charge in [0.25, 0.3) is 5.69 Å². The van der Waals surface area contributed by atoms with Crippen LogP contribution in [0.5, 0.6) is 11.5 Å². The van der Waals surface area contributed by atoms with Gasteiger partial charge in [-0.25, -0.2) is 4.79 Å². The average Bonchev–Trinajstić information content (AvgIpc) is 2.53. The summed E-state index contributed by atoms with van der Waals surface area (Å²) < 4.78 is 10.8. The minimum Gasteiger partial charge on any atom is -0.482 e. The third-order valence-electron chi connectivity index (χ3n) is 3.48. The highest BCUT2D eigenvalue weighted by atomic mass is 16.6. The van der Waals surface area contributed by atoms with Crippen molar-refractivity contribution in [2.24, 2.45) is 0 Å². The zero-order valence-electron chi connectivity index (χ0n) is 13.8. The molecule has 0 aromatic heterocycles. The number of rotatable bonds is 6. The normalized spacial score (nSPS) is 10.5. The van der Waals surface area contributed by atoms with Crippen LogP contribution in [0.1, 0.15) is 30.9 Å². The minimum atomic E-state index is -0.527. The number of nitrogens with zero attached hydrogens (tertiary/aromatic N) is 1. The summed E-state index contributed by atoms with van der Waals surface area (Å²) in [5.74, 6) is 0.629. The third kappa shape index (κ3) is 4.32. The van der Waals surface area contributed by atoms with Crippen LogP contribution in [-0.4, -0.2) is 17.5 Å². The first-order chi connectivity index (χ1) is 11.4. The number of aryl methyl sites for hydroxylation is 1. The molecule has 0 saturated heterocycles. The highest BCUT2D eigenvalue weighted by Crippen LogP contribution is 2.26. The van der Waals surface area contributed by atoms with Gasteiger partial charge in [0.05, 0.1) is 4.92 Å². The first-order valence-electron chi connectivity index (χ1n) is 7.56. The fourth-order valence-corrected chi connectivity index (χ4v) is 2.25. The summed E-state index contributed by atoms with van der Waals surface area (Å²) in [6, 6.07) is 11.6. The standard InChI is InChI=1S/C18H19NO5/c1-12(2)15-6-4-5-7-17(15)24-18(20)11-23-16-9-8-14(19(21)22)10-13(16)3/h4-10,12H,11H2,1-3H3. The van der Waals surface area contributed by atoms with E-state index >= 15 is 0 Å². The topological polar surface area (TPSA) is 78.7 Å². The molecule has 0 saturated carbocycles. The predicted octanol–water partition coefficient (Wildman–Crippen LogP) is 4.01. The van der Waals surface area contributed by atoms with Crippen molar-refractivity contribution >= 4 is 11.7 Å². The van der Waals surface area contributed by atoms with Crippen LogP contribution in [0.2, 0.25) is 0 Å². The molecule has 0 unspecified atom stereocenters. The van der Waals surface area contributed by atoms with Crippen molar-refractivity contribution < 1.29 is 19.2 Å². The van der Waals surface area contributed by atoms with Crippen molar-refractivity contribution in [1.82, 2.24) is 0 Å². The van der Waals surface area contributed by atoms with Gasteiger partial charge in [-0.3, -0.25) is 10.1 Å². The van der Waals surface area contributed by atoms with Crippen molar-refractivity contribution in [2.45, 2.75) is 26.7 Å². The molecule has 0 fully saturated rings. The third-order valence-corrected chi connectivity index (χ3v) is 3.48. The van der Waals surface area contributed by atoms with Gasteiger partial charge >= 0.3 is 5.97 Å². The van der Waals surface area contributed by atoms with Crippen molar-refractivity contribution in [2.75, 3.05) is 6.61 Å². The Morgan fingerprint density at radius 1 is 1.17 bits per heavy atom. The molecule has 0 heterocycles. The van der Waals surface area contributed by atoms with Gasteiger partial charge in [0, 0.05) is 12.1 Å². The molecule has 2 aromatic rings. The number of nitro groups is 1. The second-order valence-electron chi connectivity index (χ2n) is 5.66. The van der Waals surface area contributed by atoms with Crippen LogP contribution < -0.4 is 9.47 Å². The summed E-state index contributed by atoms with van der Waals surface area (Å²) in [5.41, 5.74) is 1.50. The molecular formula is C18H19NO5. The molecule has 0 aliphatic heterocycles. The van der Waals surface area contributed by atoms with E-state index in [9.17, 15) is 14.9 Å². The number of nitro benzene ring substituents is 1. The van der Waals surface area contributed by atoms with Crippen molar-refractivity contribution in [1.29, 1.82) is 0 Å². The molecule has 0 N–H and O–H groups in total. The van der Waals surface area contributed by atoms with Crippen molar-refractivity contribution in [3.05, 3.63) is 63.7 Å². The van der Waals surface area contributed by atoms with Crippen LogP contribution >= 0.6 is 0 Å². The summed E-state index contributed by atoms with van der Waals surface area (Å²) in [6.45, 7) is 5.44. The summed E-state index contributed by atoms with van der Waals surface area (Å²) in [4.78, 5) is 22.2. The van der Waals surface area contributed by atoms with Gasteiger partial charge in [-0.05, 0) is 36.1 Å². The average molecular weight is 329 g/mol. The minimum absolute atomic E-state index is 0.0201. The summed E-state index contributed by atoms with van der Waals surface area (Å²) in [7, 11) is 0. The molecule has 126 valence electrons. The number of hydrogen-bond acceptors (Lipinski definition) is 5. The van der Waals surface area contributed by atoms with Gasteiger partial charge in [-0.2, -0.15) is 0 Å². The lowest BCUT2D eigenvalue weighted by Crippen LogP contribution is -2.18. The molecule has 0 aliphatic rings. The molecule has 0 atom stereocenters. The van der Waals surface area contributed by atoms with Crippen LogP contribution in [0, 0.1) is 17.0 Å². The van der Waals surface area contributed by atoms with E-state index in [0.29, 0.717) is 17.1 Å². The van der Waals surface area contributed by atoms with E-state index in [2.05, 4.69) is 0 Å². The lowest BCUT2D eigenvalue weighted by atomic mass is 10.0. The predicted molar refractivity (Wildman–Crippen MR) is 89.5 cm³/mol. The van der Waals surface area contributed by atoms with Crippen LogP contribution in [0.4, 0.5) is 5.69 Å². The molecule has 2 aromatic carbocycles. The SMILES string of the molecule is Cc1cc([N+](=O)[O-])ccc1OCC(=O)Oc1ccccc1C(C)C. The Kier molecular flexibility index (Phi) is 5.52. The van der Waals surface area contributed by atoms with Gasteiger partial charge in [-0.15, -0.1) is 0 Å². The van der Waals surface area contributed by atoms with E-state index in [0.717, 1.165) is 5.56 Å².